The van der Waals surface area contributed by atoms with E-state index in [-0.39, 0.29) is 0 Å². The Labute approximate surface area is 120 Å². The number of aliphatic carboxylic acids is 1. The van der Waals surface area contributed by atoms with Crippen molar-refractivity contribution in [3.8, 4) is 0 Å². The molecular weight excluding hydrogens is 250 g/mol. The lowest BCUT2D eigenvalue weighted by atomic mass is 9.86. The molecule has 0 aliphatic heterocycles. The molecule has 0 bridgehead atoms. The number of nitrogens with zero attached hydrogens (tertiary/aromatic N) is 1. The van der Waals surface area contributed by atoms with Crippen LogP contribution in [0.15, 0.2) is 24.4 Å². The fourth-order valence-corrected chi connectivity index (χ4v) is 2.55. The predicted molar refractivity (Wildman–Crippen MR) is 82.2 cm³/mol. The van der Waals surface area contributed by atoms with E-state index in [1.807, 2.05) is 0 Å². The van der Waals surface area contributed by atoms with Gasteiger partial charge in [-0.25, -0.2) is 0 Å². The summed E-state index contributed by atoms with van der Waals surface area (Å²) in [6.45, 7) is 9.93. The summed E-state index contributed by atoms with van der Waals surface area (Å²) in [7, 11) is 0. The fraction of sp³-hybridized carbons (Fsp3) is 0.471. The Morgan fingerprint density at radius 1 is 1.35 bits per heavy atom. The largest absolute Gasteiger partial charge is 0.481 e. The van der Waals surface area contributed by atoms with Crippen molar-refractivity contribution in [1.29, 1.82) is 0 Å². The van der Waals surface area contributed by atoms with Crippen LogP contribution in [-0.4, -0.2) is 15.6 Å². The summed E-state index contributed by atoms with van der Waals surface area (Å²) in [6, 6.07) is 6.73. The Morgan fingerprint density at radius 3 is 2.55 bits per heavy atom. The number of fused-ring (bicyclic) bond motifs is 1. The van der Waals surface area contributed by atoms with E-state index >= 15 is 0 Å². The molecule has 2 rings (SSSR count). The molecule has 1 aromatic heterocycles. The molecule has 0 fully saturated rings. The molecule has 1 heterocycles. The molecule has 3 nitrogen and oxygen atoms in total. The van der Waals surface area contributed by atoms with Gasteiger partial charge in [-0.3, -0.25) is 4.79 Å². The minimum absolute atomic E-state index is 0.362. The number of benzene rings is 1. The molecule has 0 radical (unpaired) electrons. The highest BCUT2D eigenvalue weighted by atomic mass is 16.4. The van der Waals surface area contributed by atoms with Crippen LogP contribution < -0.4 is 0 Å². The summed E-state index contributed by atoms with van der Waals surface area (Å²) < 4.78 is 2.23. The predicted octanol–water partition coefficient (Wildman–Crippen LogP) is 4.18. The SMILES string of the molecule is Cc1ccc2c(CC(C)(C)C(=O)O)cn(C(C)C)c2c1. The van der Waals surface area contributed by atoms with Gasteiger partial charge in [0.2, 0.25) is 0 Å². The van der Waals surface area contributed by atoms with Gasteiger partial charge in [0.05, 0.1) is 5.41 Å². The molecule has 1 N–H and O–H groups in total. The third-order valence-corrected chi connectivity index (χ3v) is 3.84. The summed E-state index contributed by atoms with van der Waals surface area (Å²) >= 11 is 0. The normalized spacial score (nSPS) is 12.3. The van der Waals surface area contributed by atoms with E-state index in [9.17, 15) is 9.90 Å². The highest BCUT2D eigenvalue weighted by Gasteiger charge is 2.29. The van der Waals surface area contributed by atoms with Crippen molar-refractivity contribution < 1.29 is 9.90 Å². The molecule has 0 saturated carbocycles. The molecule has 20 heavy (non-hydrogen) atoms. The maximum Gasteiger partial charge on any atom is 0.309 e. The van der Waals surface area contributed by atoms with Gasteiger partial charge in [-0.05, 0) is 58.2 Å². The number of carboxylic acid groups (broad SMARTS) is 1. The average Bonchev–Trinajstić information content (AvgIpc) is 2.66. The minimum Gasteiger partial charge on any atom is -0.481 e. The second-order valence-electron chi connectivity index (χ2n) is 6.54. The Morgan fingerprint density at radius 2 is 2.00 bits per heavy atom. The van der Waals surface area contributed by atoms with E-state index in [0.29, 0.717) is 12.5 Å². The highest BCUT2D eigenvalue weighted by molar-refractivity contribution is 5.86. The van der Waals surface area contributed by atoms with Crippen LogP contribution in [0.4, 0.5) is 0 Å². The Hall–Kier alpha value is -1.77. The van der Waals surface area contributed by atoms with Crippen LogP contribution in [0, 0.1) is 12.3 Å². The van der Waals surface area contributed by atoms with Crippen LogP contribution in [0.5, 0.6) is 0 Å². The van der Waals surface area contributed by atoms with E-state index < -0.39 is 11.4 Å². The topological polar surface area (TPSA) is 42.2 Å². The Balaban J connectivity index is 2.57. The Kier molecular flexibility index (Phi) is 3.63. The first-order valence-corrected chi connectivity index (χ1v) is 7.06. The summed E-state index contributed by atoms with van der Waals surface area (Å²) in [6.07, 6.45) is 2.65. The molecular formula is C17H23NO2. The molecule has 0 unspecified atom stereocenters. The van der Waals surface area contributed by atoms with Gasteiger partial charge in [0.1, 0.15) is 0 Å². The van der Waals surface area contributed by atoms with Crippen molar-refractivity contribution in [3.05, 3.63) is 35.5 Å². The van der Waals surface area contributed by atoms with Crippen LogP contribution in [0.1, 0.15) is 44.9 Å². The quantitative estimate of drug-likeness (QED) is 0.907. The van der Waals surface area contributed by atoms with Crippen LogP contribution in [0.3, 0.4) is 0 Å². The Bertz CT molecular complexity index is 650. The lowest BCUT2D eigenvalue weighted by Crippen LogP contribution is -2.26. The monoisotopic (exact) mass is 273 g/mol. The van der Waals surface area contributed by atoms with Gasteiger partial charge in [-0.2, -0.15) is 0 Å². The number of carbonyl (C=O) groups is 1. The molecule has 0 spiro atoms. The average molecular weight is 273 g/mol. The van der Waals surface area contributed by atoms with E-state index in [1.54, 1.807) is 13.8 Å². The summed E-state index contributed by atoms with van der Waals surface area (Å²) in [5, 5.41) is 10.5. The van der Waals surface area contributed by atoms with Crippen molar-refractivity contribution in [3.63, 3.8) is 0 Å². The van der Waals surface area contributed by atoms with E-state index in [0.717, 1.165) is 5.56 Å². The minimum atomic E-state index is -0.755. The van der Waals surface area contributed by atoms with Crippen molar-refractivity contribution in [1.82, 2.24) is 4.57 Å². The van der Waals surface area contributed by atoms with Gasteiger partial charge in [0, 0.05) is 23.1 Å². The number of carboxylic acids is 1. The van der Waals surface area contributed by atoms with Crippen LogP contribution in [0.2, 0.25) is 0 Å². The van der Waals surface area contributed by atoms with Gasteiger partial charge in [-0.1, -0.05) is 12.1 Å². The van der Waals surface area contributed by atoms with Crippen molar-refractivity contribution in [2.45, 2.75) is 47.1 Å². The van der Waals surface area contributed by atoms with Crippen LogP contribution in [0.25, 0.3) is 10.9 Å². The van der Waals surface area contributed by atoms with Gasteiger partial charge in [-0.15, -0.1) is 0 Å². The number of aryl methyl sites for hydroxylation is 1. The van der Waals surface area contributed by atoms with Crippen molar-refractivity contribution >= 4 is 16.9 Å². The number of rotatable bonds is 4. The van der Waals surface area contributed by atoms with Gasteiger partial charge < -0.3 is 9.67 Å². The molecule has 0 saturated heterocycles. The summed E-state index contributed by atoms with van der Waals surface area (Å²) in [4.78, 5) is 11.3. The molecule has 1 aromatic carbocycles. The van der Waals surface area contributed by atoms with E-state index in [2.05, 4.69) is 49.7 Å². The molecule has 108 valence electrons. The van der Waals surface area contributed by atoms with E-state index in [1.165, 1.54) is 16.5 Å². The van der Waals surface area contributed by atoms with Gasteiger partial charge in [0.25, 0.3) is 0 Å². The number of hydrogen-bond donors (Lipinski definition) is 1. The van der Waals surface area contributed by atoms with Gasteiger partial charge >= 0.3 is 5.97 Å². The molecule has 2 aromatic rings. The standard InChI is InChI=1S/C17H23NO2/c1-11(2)18-10-13(9-17(4,5)16(19)20)14-7-6-12(3)8-15(14)18/h6-8,10-11H,9H2,1-5H3,(H,19,20). The maximum absolute atomic E-state index is 11.3. The molecule has 0 aliphatic rings. The van der Waals surface area contributed by atoms with Crippen LogP contribution in [-0.2, 0) is 11.2 Å². The summed E-state index contributed by atoms with van der Waals surface area (Å²) in [5.41, 5.74) is 2.78. The third-order valence-electron chi connectivity index (χ3n) is 3.84. The fourth-order valence-electron chi connectivity index (χ4n) is 2.55. The zero-order chi connectivity index (χ0) is 15.1. The van der Waals surface area contributed by atoms with E-state index in [4.69, 9.17) is 0 Å². The second kappa shape index (κ2) is 4.97. The number of hydrogen-bond acceptors (Lipinski definition) is 1. The summed E-state index contributed by atoms with van der Waals surface area (Å²) in [5.74, 6) is -0.755. The molecule has 0 atom stereocenters. The first-order valence-electron chi connectivity index (χ1n) is 7.06. The maximum atomic E-state index is 11.3. The lowest BCUT2D eigenvalue weighted by molar-refractivity contribution is -0.146. The smallest absolute Gasteiger partial charge is 0.309 e. The van der Waals surface area contributed by atoms with Crippen molar-refractivity contribution in [2.24, 2.45) is 5.41 Å². The lowest BCUT2D eigenvalue weighted by Gasteiger charge is -2.18. The molecule has 0 amide bonds. The zero-order valence-corrected chi connectivity index (χ0v) is 12.9. The number of aromatic nitrogens is 1. The van der Waals surface area contributed by atoms with Crippen LogP contribution >= 0.6 is 0 Å². The van der Waals surface area contributed by atoms with Gasteiger partial charge in [0.15, 0.2) is 0 Å². The highest BCUT2D eigenvalue weighted by Crippen LogP contribution is 2.31. The van der Waals surface area contributed by atoms with Crippen molar-refractivity contribution in [2.75, 3.05) is 0 Å². The molecule has 0 aliphatic carbocycles. The first-order chi connectivity index (χ1) is 9.22. The first kappa shape index (κ1) is 14.6. The zero-order valence-electron chi connectivity index (χ0n) is 12.9. The molecule has 3 heteroatoms. The second-order valence-corrected chi connectivity index (χ2v) is 6.54. The third kappa shape index (κ3) is 2.58.